The molecule has 7 atom stereocenters. The Morgan fingerprint density at radius 1 is 1.03 bits per heavy atom. The van der Waals surface area contributed by atoms with E-state index in [2.05, 4.69) is 19.1 Å². The quantitative estimate of drug-likeness (QED) is 0.536. The van der Waals surface area contributed by atoms with Crippen LogP contribution in [0.1, 0.15) is 51.9 Å². The summed E-state index contributed by atoms with van der Waals surface area (Å²) in [4.78, 5) is 0. The summed E-state index contributed by atoms with van der Waals surface area (Å²) in [7, 11) is 0. The lowest BCUT2D eigenvalue weighted by molar-refractivity contribution is -0.338. The summed E-state index contributed by atoms with van der Waals surface area (Å²) in [5.74, 6) is 1.62. The SMILES string of the molecule is C[C@@]12CC=C3[C@H]4CC=C5CC6(OCCOC6C[C@@]53CCS)OCCOC1CC[C@H]42. The topological polar surface area (TPSA) is 36.9 Å². The molecule has 1 saturated heterocycles. The number of rotatable bonds is 2. The van der Waals surface area contributed by atoms with Gasteiger partial charge in [0.05, 0.1) is 32.5 Å². The smallest absolute Gasteiger partial charge is 0.198 e. The number of hydrogen-bond acceptors (Lipinski definition) is 5. The van der Waals surface area contributed by atoms with Gasteiger partial charge in [-0.05, 0) is 56.1 Å². The van der Waals surface area contributed by atoms with Crippen LogP contribution in [0.5, 0.6) is 0 Å². The van der Waals surface area contributed by atoms with Crippen molar-refractivity contribution >= 4 is 12.6 Å². The van der Waals surface area contributed by atoms with Gasteiger partial charge in [-0.15, -0.1) is 0 Å². The summed E-state index contributed by atoms with van der Waals surface area (Å²) in [5, 5.41) is 0. The van der Waals surface area contributed by atoms with Gasteiger partial charge < -0.3 is 18.9 Å². The Morgan fingerprint density at radius 3 is 2.62 bits per heavy atom. The molecule has 4 nitrogen and oxygen atoms in total. The lowest BCUT2D eigenvalue weighted by Crippen LogP contribution is -2.60. The predicted octanol–water partition coefficient (Wildman–Crippen LogP) is 4.31. The van der Waals surface area contributed by atoms with Crippen LogP contribution in [0.2, 0.25) is 0 Å². The van der Waals surface area contributed by atoms with Gasteiger partial charge in [0, 0.05) is 17.3 Å². The molecule has 3 unspecified atom stereocenters. The third-order valence-electron chi connectivity index (χ3n) is 9.25. The molecule has 0 amide bonds. The maximum Gasteiger partial charge on any atom is 0.198 e. The first-order chi connectivity index (χ1) is 14.1. The zero-order chi connectivity index (χ0) is 19.7. The minimum absolute atomic E-state index is 0.0146. The van der Waals surface area contributed by atoms with Crippen molar-refractivity contribution < 1.29 is 18.9 Å². The molecule has 0 radical (unpaired) electrons. The molecule has 8 aliphatic rings. The van der Waals surface area contributed by atoms with E-state index in [1.807, 2.05) is 0 Å². The average molecular weight is 419 g/mol. The minimum Gasteiger partial charge on any atom is -0.375 e. The van der Waals surface area contributed by atoms with Gasteiger partial charge in [-0.3, -0.25) is 0 Å². The third kappa shape index (κ3) is 2.60. The molecule has 29 heavy (non-hydrogen) atoms. The predicted molar refractivity (Wildman–Crippen MR) is 114 cm³/mol. The van der Waals surface area contributed by atoms with E-state index in [0.29, 0.717) is 38.4 Å². The molecule has 5 heteroatoms. The Hall–Kier alpha value is -0.330. The largest absolute Gasteiger partial charge is 0.375 e. The van der Waals surface area contributed by atoms with Crippen molar-refractivity contribution in [1.29, 1.82) is 0 Å². The average Bonchev–Trinajstić information content (AvgIpc) is 3.06. The molecule has 0 aromatic carbocycles. The fraction of sp³-hybridized carbons (Fsp3) is 0.833. The summed E-state index contributed by atoms with van der Waals surface area (Å²) in [6.07, 6.45) is 13.2. The second-order valence-electron chi connectivity index (χ2n) is 10.3. The number of thiol groups is 1. The Bertz CT molecular complexity index is 749. The van der Waals surface area contributed by atoms with Crippen molar-refractivity contribution in [2.24, 2.45) is 22.7 Å². The molecule has 1 spiro atoms. The van der Waals surface area contributed by atoms with Crippen molar-refractivity contribution in [3.8, 4) is 0 Å². The summed E-state index contributed by atoms with van der Waals surface area (Å²) < 4.78 is 25.6. The lowest BCUT2D eigenvalue weighted by atomic mass is 9.50. The summed E-state index contributed by atoms with van der Waals surface area (Å²) >= 11 is 4.72. The van der Waals surface area contributed by atoms with Crippen LogP contribution in [-0.2, 0) is 18.9 Å². The van der Waals surface area contributed by atoms with Gasteiger partial charge >= 0.3 is 0 Å². The van der Waals surface area contributed by atoms with Crippen LogP contribution < -0.4 is 0 Å². The fourth-order valence-electron chi connectivity index (χ4n) is 7.90. The van der Waals surface area contributed by atoms with Gasteiger partial charge in [-0.25, -0.2) is 0 Å². The second kappa shape index (κ2) is 6.83. The van der Waals surface area contributed by atoms with Crippen LogP contribution in [0.3, 0.4) is 0 Å². The highest BCUT2D eigenvalue weighted by molar-refractivity contribution is 7.80. The van der Waals surface area contributed by atoms with Crippen LogP contribution >= 0.6 is 12.6 Å². The summed E-state index contributed by atoms with van der Waals surface area (Å²) in [6, 6.07) is 0. The van der Waals surface area contributed by atoms with Crippen molar-refractivity contribution in [1.82, 2.24) is 0 Å². The van der Waals surface area contributed by atoms with Crippen LogP contribution in [0.4, 0.5) is 0 Å². The van der Waals surface area contributed by atoms with Crippen LogP contribution in [-0.4, -0.2) is 50.2 Å². The highest BCUT2D eigenvalue weighted by atomic mass is 32.1. The molecule has 0 aromatic rings. The molecule has 4 aliphatic heterocycles. The van der Waals surface area contributed by atoms with E-state index in [4.69, 9.17) is 31.6 Å². The molecule has 160 valence electrons. The molecule has 0 N–H and O–H groups in total. The zero-order valence-corrected chi connectivity index (χ0v) is 18.4. The molecular formula is C24H34O4S. The molecule has 0 aromatic heterocycles. The third-order valence-corrected chi connectivity index (χ3v) is 9.48. The van der Waals surface area contributed by atoms with E-state index in [-0.39, 0.29) is 16.9 Å². The van der Waals surface area contributed by atoms with E-state index >= 15 is 0 Å². The number of fused-ring (bicyclic) bond motifs is 1. The normalized spacial score (nSPS) is 51.0. The molecule has 4 aliphatic carbocycles. The Morgan fingerprint density at radius 2 is 1.83 bits per heavy atom. The lowest BCUT2D eigenvalue weighted by Gasteiger charge is -2.58. The van der Waals surface area contributed by atoms with Gasteiger partial charge in [0.1, 0.15) is 6.10 Å². The van der Waals surface area contributed by atoms with Gasteiger partial charge in [0.15, 0.2) is 5.79 Å². The zero-order valence-electron chi connectivity index (χ0n) is 17.5. The van der Waals surface area contributed by atoms with Crippen LogP contribution in [0, 0.1) is 22.7 Å². The van der Waals surface area contributed by atoms with E-state index < -0.39 is 5.79 Å². The molecule has 3 fully saturated rings. The van der Waals surface area contributed by atoms with Gasteiger partial charge in [-0.1, -0.05) is 30.2 Å². The maximum absolute atomic E-state index is 6.49. The monoisotopic (exact) mass is 418 g/mol. The first-order valence-corrected chi connectivity index (χ1v) is 12.3. The van der Waals surface area contributed by atoms with Crippen LogP contribution in [0.15, 0.2) is 23.3 Å². The Labute approximate surface area is 179 Å². The van der Waals surface area contributed by atoms with Gasteiger partial charge in [0.25, 0.3) is 0 Å². The van der Waals surface area contributed by atoms with Crippen molar-refractivity contribution in [2.75, 3.05) is 32.2 Å². The number of hydrogen-bond donors (Lipinski definition) is 1. The molecular weight excluding hydrogens is 384 g/mol. The first kappa shape index (κ1) is 19.4. The first-order valence-electron chi connectivity index (χ1n) is 11.6. The summed E-state index contributed by atoms with van der Waals surface area (Å²) in [6.45, 7) is 4.97. The number of allylic oxidation sites excluding steroid dienone is 3. The second-order valence-corrected chi connectivity index (χ2v) is 10.7. The molecule has 2 saturated carbocycles. The van der Waals surface area contributed by atoms with Gasteiger partial charge in [-0.2, -0.15) is 12.6 Å². The number of ether oxygens (including phenoxy) is 4. The highest BCUT2D eigenvalue weighted by Crippen LogP contribution is 2.65. The molecule has 4 heterocycles. The van der Waals surface area contributed by atoms with Gasteiger partial charge in [0.2, 0.25) is 0 Å². The van der Waals surface area contributed by atoms with E-state index in [9.17, 15) is 0 Å². The van der Waals surface area contributed by atoms with E-state index in [1.165, 1.54) is 18.4 Å². The van der Waals surface area contributed by atoms with Crippen molar-refractivity contribution in [2.45, 2.75) is 69.9 Å². The van der Waals surface area contributed by atoms with E-state index in [0.717, 1.165) is 43.8 Å². The minimum atomic E-state index is -0.643. The van der Waals surface area contributed by atoms with Crippen molar-refractivity contribution in [3.63, 3.8) is 0 Å². The maximum atomic E-state index is 6.49. The Balaban J connectivity index is 1.51. The fourth-order valence-corrected chi connectivity index (χ4v) is 8.28. The van der Waals surface area contributed by atoms with Crippen LogP contribution in [0.25, 0.3) is 0 Å². The summed E-state index contributed by atoms with van der Waals surface area (Å²) in [5.41, 5.74) is 3.55. The Kier molecular flexibility index (Phi) is 4.56. The molecule has 8 rings (SSSR count). The van der Waals surface area contributed by atoms with Crippen molar-refractivity contribution in [3.05, 3.63) is 23.3 Å². The van der Waals surface area contributed by atoms with E-state index in [1.54, 1.807) is 5.57 Å². The standard InChI is InChI=1S/C24H34O4S/c1-22-7-6-19-17-3-2-16-14-24(27-11-9-25-20(22)5-4-18(17)22)21(26-10-12-28-24)15-23(16,19)8-13-29/h2,6,17-18,20-21,29H,3-5,7-15H2,1H3/t17-,18+,20?,21?,22-,23-,24?/m0/s1. The molecule has 8 bridgehead atoms. The highest BCUT2D eigenvalue weighted by Gasteiger charge is 2.62.